The van der Waals surface area contributed by atoms with Gasteiger partial charge in [-0.15, -0.1) is 16.8 Å². The van der Waals surface area contributed by atoms with Gasteiger partial charge in [0.15, 0.2) is 16.8 Å². The van der Waals surface area contributed by atoms with Crippen molar-refractivity contribution in [3.05, 3.63) is 74.7 Å². The predicted octanol–water partition coefficient (Wildman–Crippen LogP) is 2.41. The molecule has 0 aliphatic rings. The minimum Gasteiger partial charge on any atom is -0.486 e. The van der Waals surface area contributed by atoms with Crippen LogP contribution >= 0.6 is 11.8 Å². The van der Waals surface area contributed by atoms with Crippen molar-refractivity contribution in [3.63, 3.8) is 0 Å². The Labute approximate surface area is 200 Å². The molecule has 0 saturated carbocycles. The number of anilines is 1. The highest BCUT2D eigenvalue weighted by atomic mass is 32.2. The number of hydrogen-bond acceptors (Lipinski definition) is 8. The number of aromatic nitrogens is 5. The van der Waals surface area contributed by atoms with Gasteiger partial charge in [0.05, 0.1) is 5.75 Å². The Hall–Kier alpha value is -3.60. The van der Waals surface area contributed by atoms with Gasteiger partial charge in [-0.2, -0.15) is 0 Å². The Morgan fingerprint density at radius 1 is 1.29 bits per heavy atom. The summed E-state index contributed by atoms with van der Waals surface area (Å²) < 4.78 is 8.83. The quantitative estimate of drug-likeness (QED) is 0.240. The number of allylic oxidation sites excluding steroid dienone is 1. The molecular weight excluding hydrogens is 456 g/mol. The highest BCUT2D eigenvalue weighted by Gasteiger charge is 2.21. The Bertz CT molecular complexity index is 1310. The normalized spacial score (nSPS) is 11.1. The minimum absolute atomic E-state index is 0.0983. The van der Waals surface area contributed by atoms with Crippen molar-refractivity contribution in [3.8, 4) is 5.75 Å². The molecule has 2 heterocycles. The first kappa shape index (κ1) is 25.0. The molecule has 0 bridgehead atoms. The number of benzene rings is 1. The van der Waals surface area contributed by atoms with Crippen LogP contribution in [0.15, 0.2) is 51.7 Å². The molecule has 0 spiro atoms. The van der Waals surface area contributed by atoms with Crippen molar-refractivity contribution in [2.45, 2.75) is 45.6 Å². The number of nitrogen functional groups attached to an aromatic ring is 1. The maximum Gasteiger partial charge on any atom is 0.329 e. The summed E-state index contributed by atoms with van der Waals surface area (Å²) in [5, 5.41) is 8.83. The number of carbonyl (C=O) groups is 1. The Balaban J connectivity index is 1.77. The summed E-state index contributed by atoms with van der Waals surface area (Å²) in [6.07, 6.45) is 1.69. The summed E-state index contributed by atoms with van der Waals surface area (Å²) in [5.41, 5.74) is 5.45. The largest absolute Gasteiger partial charge is 0.486 e. The second-order valence-electron chi connectivity index (χ2n) is 8.14. The summed E-state index contributed by atoms with van der Waals surface area (Å²) in [4.78, 5) is 39.5. The number of carbonyl (C=O) groups excluding carboxylic acids is 1. The average Bonchev–Trinajstić information content (AvgIpc) is 3.15. The van der Waals surface area contributed by atoms with Crippen LogP contribution in [0.1, 0.15) is 35.6 Å². The number of H-pyrrole nitrogens is 1. The fraction of sp³-hybridized carbons (Fsp3) is 0.348. The van der Waals surface area contributed by atoms with Gasteiger partial charge in [-0.25, -0.2) is 4.79 Å². The summed E-state index contributed by atoms with van der Waals surface area (Å²) in [5.74, 6) is 0.630. The number of nitrogens with one attached hydrogen (secondary N) is 1. The zero-order valence-corrected chi connectivity index (χ0v) is 20.2. The number of aryl methyl sites for hydroxylation is 1. The van der Waals surface area contributed by atoms with Crippen molar-refractivity contribution >= 4 is 23.4 Å². The van der Waals surface area contributed by atoms with Crippen LogP contribution < -0.4 is 21.7 Å². The first-order valence-electron chi connectivity index (χ1n) is 10.7. The second-order valence-corrected chi connectivity index (χ2v) is 9.08. The van der Waals surface area contributed by atoms with E-state index in [0.717, 1.165) is 17.3 Å². The third-order valence-electron chi connectivity index (χ3n) is 4.86. The lowest BCUT2D eigenvalue weighted by atomic mass is 10.2. The Morgan fingerprint density at radius 3 is 2.74 bits per heavy atom. The van der Waals surface area contributed by atoms with Crippen LogP contribution in [0.2, 0.25) is 0 Å². The smallest absolute Gasteiger partial charge is 0.329 e. The lowest BCUT2D eigenvalue weighted by Crippen LogP contribution is -2.37. The van der Waals surface area contributed by atoms with Crippen molar-refractivity contribution in [2.75, 3.05) is 11.5 Å². The third kappa shape index (κ3) is 5.84. The van der Waals surface area contributed by atoms with Gasteiger partial charge in [0.25, 0.3) is 5.56 Å². The maximum absolute atomic E-state index is 12.9. The van der Waals surface area contributed by atoms with Gasteiger partial charge in [0, 0.05) is 13.1 Å². The molecule has 0 unspecified atom stereocenters. The number of aromatic amines is 1. The molecule has 0 fully saturated rings. The van der Waals surface area contributed by atoms with E-state index in [-0.39, 0.29) is 36.2 Å². The van der Waals surface area contributed by atoms with E-state index in [4.69, 9.17) is 10.5 Å². The van der Waals surface area contributed by atoms with Crippen molar-refractivity contribution in [2.24, 2.45) is 5.92 Å². The lowest BCUT2D eigenvalue weighted by Gasteiger charge is -2.14. The molecule has 1 aromatic carbocycles. The molecule has 10 nitrogen and oxygen atoms in total. The zero-order chi connectivity index (χ0) is 24.8. The fourth-order valence-corrected chi connectivity index (χ4v) is 4.14. The molecule has 3 rings (SSSR count). The molecule has 3 aromatic rings. The third-order valence-corrected chi connectivity index (χ3v) is 5.83. The highest BCUT2D eigenvalue weighted by molar-refractivity contribution is 7.99. The maximum atomic E-state index is 12.9. The van der Waals surface area contributed by atoms with Gasteiger partial charge < -0.3 is 10.5 Å². The highest BCUT2D eigenvalue weighted by Crippen LogP contribution is 2.21. The molecule has 3 N–H and O–H groups in total. The Morgan fingerprint density at radius 2 is 2.06 bits per heavy atom. The second kappa shape index (κ2) is 11.0. The molecule has 0 aliphatic heterocycles. The van der Waals surface area contributed by atoms with Crippen LogP contribution in [0, 0.1) is 12.8 Å². The molecule has 11 heteroatoms. The van der Waals surface area contributed by atoms with Gasteiger partial charge in [0.2, 0.25) is 0 Å². The average molecular weight is 485 g/mol. The van der Waals surface area contributed by atoms with Crippen LogP contribution in [0.4, 0.5) is 5.82 Å². The number of nitrogens with zero attached hydrogens (tertiary/aromatic N) is 4. The molecule has 180 valence electrons. The fourth-order valence-electron chi connectivity index (χ4n) is 3.30. The summed E-state index contributed by atoms with van der Waals surface area (Å²) in [6, 6.07) is 7.66. The monoisotopic (exact) mass is 484 g/mol. The van der Waals surface area contributed by atoms with E-state index >= 15 is 0 Å². The topological polar surface area (TPSA) is 138 Å². The van der Waals surface area contributed by atoms with Crippen molar-refractivity contribution in [1.29, 1.82) is 0 Å². The molecule has 34 heavy (non-hydrogen) atoms. The summed E-state index contributed by atoms with van der Waals surface area (Å²) in [7, 11) is 0. The number of ether oxygens (including phenoxy) is 1. The molecule has 0 aliphatic carbocycles. The van der Waals surface area contributed by atoms with E-state index in [1.54, 1.807) is 10.6 Å². The van der Waals surface area contributed by atoms with E-state index in [1.165, 1.54) is 4.57 Å². The molecule has 0 radical (unpaired) electrons. The zero-order valence-electron chi connectivity index (χ0n) is 19.4. The number of thioether (sulfide) groups is 1. The Kier molecular flexibility index (Phi) is 8.11. The first-order valence-corrected chi connectivity index (χ1v) is 11.7. The van der Waals surface area contributed by atoms with Gasteiger partial charge in [-0.1, -0.05) is 43.8 Å². The van der Waals surface area contributed by atoms with Gasteiger partial charge in [0.1, 0.15) is 23.7 Å². The van der Waals surface area contributed by atoms with Crippen molar-refractivity contribution < 1.29 is 9.53 Å². The van der Waals surface area contributed by atoms with E-state index in [1.807, 2.05) is 45.0 Å². The van der Waals surface area contributed by atoms with Crippen molar-refractivity contribution in [1.82, 2.24) is 24.3 Å². The van der Waals surface area contributed by atoms with Crippen LogP contribution in [-0.4, -0.2) is 35.9 Å². The van der Waals surface area contributed by atoms with Crippen LogP contribution in [0.3, 0.4) is 0 Å². The first-order chi connectivity index (χ1) is 16.2. The predicted molar refractivity (Wildman–Crippen MR) is 131 cm³/mol. The van der Waals surface area contributed by atoms with Gasteiger partial charge in [-0.05, 0) is 30.5 Å². The van der Waals surface area contributed by atoms with Crippen LogP contribution in [0.25, 0.3) is 0 Å². The standard InChI is InChI=1S/C23H28N6O4S/c1-5-9-28-18(12-33-16-8-6-7-15(4)10-16)26-27-23(28)34-13-17(30)19-20(24)29(11-14(2)3)22(32)25-21(19)31/h5-8,10,14H,1,9,11-13,24H2,2-4H3,(H,25,31,32). The minimum atomic E-state index is -0.798. The molecule has 2 aromatic heterocycles. The SMILES string of the molecule is C=CCn1c(COc2cccc(C)c2)nnc1SCC(=O)c1c(N)n(CC(C)C)c(=O)[nH]c1=O. The molecule has 0 saturated heterocycles. The van der Waals surface area contributed by atoms with E-state index in [9.17, 15) is 14.4 Å². The summed E-state index contributed by atoms with van der Waals surface area (Å²) in [6.45, 7) is 10.4. The van der Waals surface area contributed by atoms with Crippen LogP contribution in [-0.2, 0) is 19.7 Å². The number of nitrogens with two attached hydrogens (primary N) is 1. The lowest BCUT2D eigenvalue weighted by molar-refractivity contribution is 0.102. The molecule has 0 amide bonds. The number of rotatable bonds is 11. The summed E-state index contributed by atoms with van der Waals surface area (Å²) >= 11 is 1.12. The van der Waals surface area contributed by atoms with E-state index in [0.29, 0.717) is 23.3 Å². The molecule has 0 atom stereocenters. The van der Waals surface area contributed by atoms with E-state index in [2.05, 4.69) is 21.8 Å². The number of ketones is 1. The van der Waals surface area contributed by atoms with Gasteiger partial charge >= 0.3 is 5.69 Å². The van der Waals surface area contributed by atoms with Crippen LogP contribution in [0.5, 0.6) is 5.75 Å². The number of Topliss-reactive ketones (excluding diaryl/α,β-unsaturated/α-hetero) is 1. The molecular formula is C23H28N6O4S. The van der Waals surface area contributed by atoms with E-state index < -0.39 is 17.0 Å². The number of hydrogen-bond donors (Lipinski definition) is 2. The van der Waals surface area contributed by atoms with Gasteiger partial charge in [-0.3, -0.25) is 23.7 Å².